The van der Waals surface area contributed by atoms with Crippen LogP contribution in [0.5, 0.6) is 5.75 Å². The monoisotopic (exact) mass is 253 g/mol. The third-order valence-corrected chi connectivity index (χ3v) is 2.73. The molecule has 4 N–H and O–H groups in total. The first-order valence-electron chi connectivity index (χ1n) is 6.25. The molecule has 6 nitrogen and oxygen atoms in total. The molecule has 0 unspecified atom stereocenters. The molecule has 1 rings (SSSR count). The van der Waals surface area contributed by atoms with Gasteiger partial charge in [0, 0.05) is 20.1 Å². The minimum absolute atomic E-state index is 0.278. The molecule has 1 heterocycles. The maximum Gasteiger partial charge on any atom is 0.222 e. The molecular weight excluding hydrogens is 230 g/mol. The normalized spacial score (nSPS) is 10.4. The molecule has 0 aliphatic carbocycles. The molecule has 0 aliphatic heterocycles. The van der Waals surface area contributed by atoms with Gasteiger partial charge in [0.15, 0.2) is 11.6 Å². The average molecular weight is 253 g/mol. The molecule has 0 radical (unpaired) electrons. The van der Waals surface area contributed by atoms with Gasteiger partial charge < -0.3 is 21.1 Å². The molecule has 102 valence electrons. The number of hydrogen-bond donors (Lipinski definition) is 2. The number of methoxy groups -OCH3 is 1. The fourth-order valence-corrected chi connectivity index (χ4v) is 1.78. The maximum absolute atomic E-state index is 5.75. The minimum Gasteiger partial charge on any atom is -0.491 e. The Morgan fingerprint density at radius 1 is 1.33 bits per heavy atom. The summed E-state index contributed by atoms with van der Waals surface area (Å²) < 4.78 is 5.43. The van der Waals surface area contributed by atoms with E-state index in [0.717, 1.165) is 25.0 Å². The smallest absolute Gasteiger partial charge is 0.222 e. The van der Waals surface area contributed by atoms with E-state index in [0.29, 0.717) is 24.7 Å². The third kappa shape index (κ3) is 3.46. The Morgan fingerprint density at radius 3 is 2.61 bits per heavy atom. The number of nitrogen functional groups attached to an aromatic ring is 1. The summed E-state index contributed by atoms with van der Waals surface area (Å²) in [5.74, 6) is 1.69. The first-order chi connectivity index (χ1) is 8.63. The van der Waals surface area contributed by atoms with Crippen molar-refractivity contribution >= 4 is 11.8 Å². The Morgan fingerprint density at radius 2 is 2.06 bits per heavy atom. The average Bonchev–Trinajstić information content (AvgIpc) is 2.35. The number of aryl methyl sites for hydroxylation is 1. The summed E-state index contributed by atoms with van der Waals surface area (Å²) in [6, 6.07) is 0. The number of nitrogens with zero attached hydrogens (tertiary/aromatic N) is 3. The first-order valence-corrected chi connectivity index (χ1v) is 6.25. The van der Waals surface area contributed by atoms with Gasteiger partial charge in [0.05, 0.1) is 12.8 Å². The number of aromatic nitrogens is 2. The van der Waals surface area contributed by atoms with Gasteiger partial charge in [-0.05, 0) is 12.8 Å². The van der Waals surface area contributed by atoms with Crippen molar-refractivity contribution in [3.63, 3.8) is 0 Å². The van der Waals surface area contributed by atoms with Gasteiger partial charge in [-0.1, -0.05) is 13.3 Å². The van der Waals surface area contributed by atoms with Gasteiger partial charge >= 0.3 is 0 Å². The number of rotatable bonds is 7. The zero-order valence-corrected chi connectivity index (χ0v) is 11.4. The van der Waals surface area contributed by atoms with Crippen LogP contribution in [0.3, 0.4) is 0 Å². The number of unbranched alkanes of at least 4 members (excludes halogenated alkanes) is 1. The van der Waals surface area contributed by atoms with Crippen LogP contribution in [-0.2, 0) is 6.42 Å². The summed E-state index contributed by atoms with van der Waals surface area (Å²) in [5, 5.41) is 0. The summed E-state index contributed by atoms with van der Waals surface area (Å²) in [7, 11) is 3.55. The van der Waals surface area contributed by atoms with Crippen LogP contribution in [-0.4, -0.2) is 37.2 Å². The van der Waals surface area contributed by atoms with Crippen LogP contribution >= 0.6 is 0 Å². The highest BCUT2D eigenvalue weighted by atomic mass is 16.5. The number of likely N-dealkylation sites (N-methyl/N-ethyl adjacent to an activating group) is 1. The topological polar surface area (TPSA) is 90.3 Å². The van der Waals surface area contributed by atoms with Crippen LogP contribution < -0.4 is 21.1 Å². The summed E-state index contributed by atoms with van der Waals surface area (Å²) in [6.07, 6.45) is 2.99. The number of hydrogen-bond acceptors (Lipinski definition) is 6. The SMILES string of the molecule is CCCCc1nc(N)nc(N(C)CCN)c1OC. The Labute approximate surface area is 108 Å². The third-order valence-electron chi connectivity index (χ3n) is 2.73. The predicted molar refractivity (Wildman–Crippen MR) is 73.9 cm³/mol. The summed E-state index contributed by atoms with van der Waals surface area (Å²) >= 11 is 0. The van der Waals surface area contributed by atoms with Crippen LogP contribution in [0.25, 0.3) is 0 Å². The first kappa shape index (κ1) is 14.5. The number of ether oxygens (including phenoxy) is 1. The second-order valence-electron chi connectivity index (χ2n) is 4.20. The highest BCUT2D eigenvalue weighted by Gasteiger charge is 2.16. The van der Waals surface area contributed by atoms with Crippen LogP contribution in [0.15, 0.2) is 0 Å². The van der Waals surface area contributed by atoms with E-state index in [4.69, 9.17) is 16.2 Å². The lowest BCUT2D eigenvalue weighted by Gasteiger charge is -2.21. The van der Waals surface area contributed by atoms with Crippen LogP contribution in [0.2, 0.25) is 0 Å². The molecule has 18 heavy (non-hydrogen) atoms. The number of nitrogens with two attached hydrogens (primary N) is 2. The van der Waals surface area contributed by atoms with E-state index in [1.165, 1.54) is 0 Å². The molecule has 6 heteroatoms. The van der Waals surface area contributed by atoms with Crippen molar-refractivity contribution in [3.8, 4) is 5.75 Å². The molecule has 0 atom stereocenters. The van der Waals surface area contributed by atoms with Gasteiger partial charge in [0.25, 0.3) is 0 Å². The zero-order chi connectivity index (χ0) is 13.5. The second kappa shape index (κ2) is 7.00. The quantitative estimate of drug-likeness (QED) is 0.747. The zero-order valence-electron chi connectivity index (χ0n) is 11.4. The Balaban J connectivity index is 3.11. The van der Waals surface area contributed by atoms with Crippen molar-refractivity contribution in [3.05, 3.63) is 5.69 Å². The van der Waals surface area contributed by atoms with E-state index in [2.05, 4.69) is 16.9 Å². The highest BCUT2D eigenvalue weighted by molar-refractivity contribution is 5.56. The number of anilines is 2. The predicted octanol–water partition coefficient (Wildman–Crippen LogP) is 0.805. The summed E-state index contributed by atoms with van der Waals surface area (Å²) in [6.45, 7) is 3.38. The van der Waals surface area contributed by atoms with Gasteiger partial charge in [-0.15, -0.1) is 0 Å². The van der Waals surface area contributed by atoms with E-state index in [9.17, 15) is 0 Å². The molecule has 0 aliphatic rings. The van der Waals surface area contributed by atoms with Gasteiger partial charge in [0.2, 0.25) is 5.95 Å². The van der Waals surface area contributed by atoms with Gasteiger partial charge in [-0.3, -0.25) is 0 Å². The summed E-state index contributed by atoms with van der Waals surface area (Å²) in [4.78, 5) is 10.4. The molecule has 0 bridgehead atoms. The molecule has 0 fully saturated rings. The fourth-order valence-electron chi connectivity index (χ4n) is 1.78. The maximum atomic E-state index is 5.75. The molecule has 0 aromatic carbocycles. The Bertz CT molecular complexity index is 383. The van der Waals surface area contributed by atoms with Crippen molar-refractivity contribution in [2.24, 2.45) is 5.73 Å². The fraction of sp³-hybridized carbons (Fsp3) is 0.667. The van der Waals surface area contributed by atoms with Gasteiger partial charge in [-0.2, -0.15) is 4.98 Å². The van der Waals surface area contributed by atoms with E-state index in [-0.39, 0.29) is 5.95 Å². The standard InChI is InChI=1S/C12H23N5O/c1-4-5-6-9-10(18-3)11(16-12(14)15-9)17(2)8-7-13/h4-8,13H2,1-3H3,(H2,14,15,16). The van der Waals surface area contributed by atoms with E-state index < -0.39 is 0 Å². The lowest BCUT2D eigenvalue weighted by molar-refractivity contribution is 0.404. The van der Waals surface area contributed by atoms with E-state index >= 15 is 0 Å². The molecule has 1 aromatic heterocycles. The van der Waals surface area contributed by atoms with Crippen molar-refractivity contribution < 1.29 is 4.74 Å². The van der Waals surface area contributed by atoms with Gasteiger partial charge in [-0.25, -0.2) is 4.98 Å². The van der Waals surface area contributed by atoms with Crippen molar-refractivity contribution in [2.75, 3.05) is 37.9 Å². The van der Waals surface area contributed by atoms with Crippen LogP contribution in [0, 0.1) is 0 Å². The lowest BCUT2D eigenvalue weighted by atomic mass is 10.2. The summed E-state index contributed by atoms with van der Waals surface area (Å²) in [5.41, 5.74) is 12.2. The molecule has 0 spiro atoms. The largest absolute Gasteiger partial charge is 0.491 e. The van der Waals surface area contributed by atoms with Crippen LogP contribution in [0.1, 0.15) is 25.5 Å². The second-order valence-corrected chi connectivity index (χ2v) is 4.20. The molecule has 0 amide bonds. The Kier molecular flexibility index (Phi) is 5.64. The lowest BCUT2D eigenvalue weighted by Crippen LogP contribution is -2.27. The van der Waals surface area contributed by atoms with Gasteiger partial charge in [0.1, 0.15) is 0 Å². The van der Waals surface area contributed by atoms with E-state index in [1.54, 1.807) is 7.11 Å². The van der Waals surface area contributed by atoms with Crippen molar-refractivity contribution in [1.29, 1.82) is 0 Å². The Hall–Kier alpha value is -1.56. The van der Waals surface area contributed by atoms with Crippen molar-refractivity contribution in [2.45, 2.75) is 26.2 Å². The minimum atomic E-state index is 0.278. The molecule has 0 saturated heterocycles. The molecule has 0 saturated carbocycles. The van der Waals surface area contributed by atoms with Crippen molar-refractivity contribution in [1.82, 2.24) is 9.97 Å². The highest BCUT2D eigenvalue weighted by Crippen LogP contribution is 2.29. The molecule has 1 aromatic rings. The van der Waals surface area contributed by atoms with E-state index in [1.807, 2.05) is 11.9 Å². The van der Waals surface area contributed by atoms with Crippen LogP contribution in [0.4, 0.5) is 11.8 Å². The molecular formula is C12H23N5O.